The van der Waals surface area contributed by atoms with Crippen LogP contribution >= 0.6 is 11.6 Å². The van der Waals surface area contributed by atoms with Crippen molar-refractivity contribution < 1.29 is 25.2 Å². The largest absolute Gasteiger partial charge is 0.359 e. The van der Waals surface area contributed by atoms with E-state index in [-0.39, 0.29) is 6.42 Å². The van der Waals surface area contributed by atoms with Gasteiger partial charge in [0.15, 0.2) is 0 Å². The number of aliphatic hydroxyl groups is 4. The molecule has 0 amide bonds. The molecular weight excluding hydrogens is 382 g/mol. The van der Waals surface area contributed by atoms with Crippen molar-refractivity contribution >= 4 is 11.6 Å². The summed E-state index contributed by atoms with van der Waals surface area (Å²) in [7, 11) is 1.79. The van der Waals surface area contributed by atoms with Gasteiger partial charge in [-0.05, 0) is 56.6 Å². The van der Waals surface area contributed by atoms with E-state index in [0.29, 0.717) is 35.5 Å². The molecule has 7 heteroatoms. The Morgan fingerprint density at radius 3 is 2.04 bits per heavy atom. The van der Waals surface area contributed by atoms with Gasteiger partial charge in [-0.25, -0.2) is 0 Å². The number of halogens is 1. The van der Waals surface area contributed by atoms with Crippen LogP contribution in [0.1, 0.15) is 37.3 Å². The minimum atomic E-state index is -3.21. The summed E-state index contributed by atoms with van der Waals surface area (Å²) in [4.78, 5) is 0. The van der Waals surface area contributed by atoms with Crippen molar-refractivity contribution in [1.29, 1.82) is 0 Å². The van der Waals surface area contributed by atoms with Gasteiger partial charge in [0.05, 0.1) is 0 Å². The molecule has 0 aliphatic rings. The molecule has 0 spiro atoms. The molecule has 1 atom stereocenters. The van der Waals surface area contributed by atoms with E-state index in [2.05, 4.69) is 5.32 Å². The zero-order valence-electron chi connectivity index (χ0n) is 16.1. The summed E-state index contributed by atoms with van der Waals surface area (Å²) in [5.74, 6) is -6.07. The monoisotopic (exact) mass is 409 g/mol. The van der Waals surface area contributed by atoms with Gasteiger partial charge in [0.25, 0.3) is 0 Å². The molecule has 2 aromatic rings. The SMILES string of the molecule is CNCCCCC(O)(O)C(O)(O)O[C@](C)(c1ccccc1)c1ccc(Cl)cc1. The van der Waals surface area contributed by atoms with Crippen LogP contribution < -0.4 is 5.32 Å². The molecule has 0 aliphatic heterocycles. The fourth-order valence-electron chi connectivity index (χ4n) is 3.01. The van der Waals surface area contributed by atoms with E-state index in [4.69, 9.17) is 16.3 Å². The smallest absolute Gasteiger partial charge is 0.336 e. The fraction of sp³-hybridized carbons (Fsp3) is 0.429. The Morgan fingerprint density at radius 1 is 0.893 bits per heavy atom. The number of ether oxygens (including phenoxy) is 1. The molecule has 2 aromatic carbocycles. The van der Waals surface area contributed by atoms with Crippen LogP contribution in [0.15, 0.2) is 54.6 Å². The number of hydrogen-bond donors (Lipinski definition) is 5. The number of hydrogen-bond acceptors (Lipinski definition) is 6. The highest BCUT2D eigenvalue weighted by atomic mass is 35.5. The maximum absolute atomic E-state index is 10.5. The minimum absolute atomic E-state index is 0.271. The van der Waals surface area contributed by atoms with Crippen molar-refractivity contribution in [3.05, 3.63) is 70.7 Å². The maximum Gasteiger partial charge on any atom is 0.336 e. The molecule has 0 heterocycles. The second-order valence-corrected chi connectivity index (χ2v) is 7.43. The van der Waals surface area contributed by atoms with Gasteiger partial charge in [-0.2, -0.15) is 0 Å². The van der Waals surface area contributed by atoms with Crippen LogP contribution in [0.5, 0.6) is 0 Å². The van der Waals surface area contributed by atoms with E-state index >= 15 is 0 Å². The number of nitrogens with one attached hydrogen (secondary N) is 1. The van der Waals surface area contributed by atoms with Gasteiger partial charge in [-0.1, -0.05) is 54.1 Å². The van der Waals surface area contributed by atoms with Gasteiger partial charge in [0.1, 0.15) is 5.60 Å². The molecule has 0 saturated carbocycles. The van der Waals surface area contributed by atoms with E-state index in [1.807, 2.05) is 6.07 Å². The fourth-order valence-corrected chi connectivity index (χ4v) is 3.14. The van der Waals surface area contributed by atoms with Gasteiger partial charge in [0.2, 0.25) is 5.79 Å². The third kappa shape index (κ3) is 5.30. The first-order valence-corrected chi connectivity index (χ1v) is 9.56. The van der Waals surface area contributed by atoms with Crippen molar-refractivity contribution in [3.8, 4) is 0 Å². The van der Waals surface area contributed by atoms with Crippen LogP contribution in [-0.4, -0.2) is 45.8 Å². The second kappa shape index (κ2) is 9.33. The lowest BCUT2D eigenvalue weighted by Gasteiger charge is -2.42. The Bertz CT molecular complexity index is 736. The molecule has 6 nitrogen and oxygen atoms in total. The highest BCUT2D eigenvalue weighted by molar-refractivity contribution is 6.30. The Hall–Kier alpha value is -1.51. The quantitative estimate of drug-likeness (QED) is 0.305. The third-order valence-corrected chi connectivity index (χ3v) is 5.04. The molecule has 28 heavy (non-hydrogen) atoms. The lowest BCUT2D eigenvalue weighted by molar-refractivity contribution is -0.479. The van der Waals surface area contributed by atoms with Crippen molar-refractivity contribution in [3.63, 3.8) is 0 Å². The normalized spacial score (nSPS) is 14.7. The predicted molar refractivity (Wildman–Crippen MR) is 108 cm³/mol. The van der Waals surface area contributed by atoms with E-state index in [9.17, 15) is 20.4 Å². The van der Waals surface area contributed by atoms with Crippen LogP contribution in [0.4, 0.5) is 0 Å². The molecule has 5 N–H and O–H groups in total. The highest BCUT2D eigenvalue weighted by Crippen LogP contribution is 2.39. The Morgan fingerprint density at radius 2 is 1.46 bits per heavy atom. The predicted octanol–water partition coefficient (Wildman–Crippen LogP) is 2.33. The zero-order chi connectivity index (χ0) is 20.8. The van der Waals surface area contributed by atoms with Crippen molar-refractivity contribution in [1.82, 2.24) is 5.32 Å². The molecule has 0 aliphatic carbocycles. The molecular formula is C21H28ClNO5. The summed E-state index contributed by atoms with van der Waals surface area (Å²) >= 11 is 5.97. The molecule has 2 rings (SSSR count). The van der Waals surface area contributed by atoms with Crippen LogP contribution in [0.25, 0.3) is 0 Å². The average Bonchev–Trinajstić information content (AvgIpc) is 2.66. The van der Waals surface area contributed by atoms with Gasteiger partial charge in [-0.3, -0.25) is 0 Å². The first-order valence-electron chi connectivity index (χ1n) is 9.18. The molecule has 0 bridgehead atoms. The Kier molecular flexibility index (Phi) is 7.59. The molecule has 154 valence electrons. The summed E-state index contributed by atoms with van der Waals surface area (Å²) in [6.07, 6.45) is 0.735. The zero-order valence-corrected chi connectivity index (χ0v) is 16.9. The molecule has 0 radical (unpaired) electrons. The first-order chi connectivity index (χ1) is 13.1. The van der Waals surface area contributed by atoms with E-state index in [1.165, 1.54) is 0 Å². The number of benzene rings is 2. The van der Waals surface area contributed by atoms with Crippen LogP contribution in [0, 0.1) is 0 Å². The molecule has 0 aromatic heterocycles. The lowest BCUT2D eigenvalue weighted by Crippen LogP contribution is -2.59. The van der Waals surface area contributed by atoms with Gasteiger partial charge >= 0.3 is 5.97 Å². The van der Waals surface area contributed by atoms with Crippen molar-refractivity contribution in [2.24, 2.45) is 0 Å². The molecule has 0 unspecified atom stereocenters. The highest BCUT2D eigenvalue weighted by Gasteiger charge is 2.53. The standard InChI is InChI=1S/C21H28ClNO5/c1-19(16-8-4-3-5-9-16,17-10-12-18(22)13-11-17)28-21(26,27)20(24,25)14-6-7-15-23-2/h3-5,8-13,23-27H,6-7,14-15H2,1-2H3/t19-/m1/s1. The van der Waals surface area contributed by atoms with Crippen LogP contribution in [-0.2, 0) is 10.3 Å². The summed E-state index contributed by atoms with van der Waals surface area (Å²) in [6, 6.07) is 15.6. The van der Waals surface area contributed by atoms with Crippen LogP contribution in [0.3, 0.4) is 0 Å². The number of rotatable bonds is 10. The second-order valence-electron chi connectivity index (χ2n) is 6.99. The Labute approximate surface area is 170 Å². The van der Waals surface area contributed by atoms with Crippen LogP contribution in [0.2, 0.25) is 5.02 Å². The number of unbranched alkanes of at least 4 members (excludes halogenated alkanes) is 1. The topological polar surface area (TPSA) is 102 Å². The molecule has 0 fully saturated rings. The summed E-state index contributed by atoms with van der Waals surface area (Å²) < 4.78 is 5.61. The van der Waals surface area contributed by atoms with Gasteiger partial charge in [0, 0.05) is 11.4 Å². The maximum atomic E-state index is 10.5. The summed E-state index contributed by atoms with van der Waals surface area (Å²) in [5.41, 5.74) is -0.200. The Balaban J connectivity index is 2.35. The summed E-state index contributed by atoms with van der Waals surface area (Å²) in [5, 5.41) is 45.1. The van der Waals surface area contributed by atoms with E-state index < -0.39 is 17.4 Å². The van der Waals surface area contributed by atoms with Crippen molar-refractivity contribution in [2.45, 2.75) is 43.5 Å². The molecule has 0 saturated heterocycles. The summed E-state index contributed by atoms with van der Waals surface area (Å²) in [6.45, 7) is 2.30. The van der Waals surface area contributed by atoms with Gasteiger partial charge in [-0.15, -0.1) is 0 Å². The van der Waals surface area contributed by atoms with E-state index in [0.717, 1.165) is 0 Å². The average molecular weight is 410 g/mol. The third-order valence-electron chi connectivity index (χ3n) is 4.79. The van der Waals surface area contributed by atoms with Crippen molar-refractivity contribution in [2.75, 3.05) is 13.6 Å². The van der Waals surface area contributed by atoms with Gasteiger partial charge < -0.3 is 30.5 Å². The van der Waals surface area contributed by atoms with E-state index in [1.54, 1.807) is 62.5 Å². The first kappa shape index (κ1) is 22.8. The minimum Gasteiger partial charge on any atom is -0.359 e. The lowest BCUT2D eigenvalue weighted by atomic mass is 9.87.